The highest BCUT2D eigenvalue weighted by molar-refractivity contribution is 14.2. The number of fused-ring (bicyclic) bond motifs is 1. The van der Waals surface area contributed by atoms with Gasteiger partial charge in [-0.25, -0.2) is 9.18 Å². The molecule has 0 aliphatic carbocycles. The van der Waals surface area contributed by atoms with Crippen LogP contribution in [0.4, 0.5) is 4.39 Å². The number of carboxylic acids is 1. The van der Waals surface area contributed by atoms with Gasteiger partial charge in [-0.15, -0.1) is 0 Å². The van der Waals surface area contributed by atoms with Gasteiger partial charge in [0, 0.05) is 41.9 Å². The van der Waals surface area contributed by atoms with E-state index in [1.54, 1.807) is 3.97 Å². The third-order valence-corrected chi connectivity index (χ3v) is 4.09. The predicted octanol–water partition coefficient (Wildman–Crippen LogP) is 3.63. The minimum atomic E-state index is -1.24. The molecule has 2 rings (SSSR count). The van der Waals surface area contributed by atoms with Crippen LogP contribution < -0.4 is 0 Å². The van der Waals surface area contributed by atoms with E-state index < -0.39 is 11.8 Å². The average Bonchev–Trinajstić information content (AvgIpc) is 2.53. The molecule has 0 bridgehead atoms. The third-order valence-electron chi connectivity index (χ3n) is 2.36. The van der Waals surface area contributed by atoms with E-state index >= 15 is 0 Å². The van der Waals surface area contributed by atoms with Crippen molar-refractivity contribution in [2.24, 2.45) is 0 Å². The van der Waals surface area contributed by atoms with E-state index in [2.05, 4.69) is 21.2 Å². The Bertz CT molecular complexity index is 582. The van der Waals surface area contributed by atoms with Gasteiger partial charge < -0.3 is 5.11 Å². The van der Waals surface area contributed by atoms with Crippen LogP contribution in [0.15, 0.2) is 18.3 Å². The molecule has 0 aliphatic rings. The van der Waals surface area contributed by atoms with Gasteiger partial charge in [-0.3, -0.25) is 3.97 Å². The highest BCUT2D eigenvalue weighted by Crippen LogP contribution is 2.29. The van der Waals surface area contributed by atoms with Gasteiger partial charge in [0.25, 0.3) is 0 Å². The van der Waals surface area contributed by atoms with Crippen molar-refractivity contribution >= 4 is 47.2 Å². The maximum absolute atomic E-state index is 13.5. The number of nitrogens with zero attached hydrogens (tertiary/aromatic N) is 1. The highest BCUT2D eigenvalue weighted by Gasteiger charge is 2.15. The summed E-state index contributed by atoms with van der Waals surface area (Å²) in [5, 5.41) is 9.59. The number of hydrogen-bond acceptors (Lipinski definition) is 2. The fourth-order valence-electron chi connectivity index (χ4n) is 1.60. The fourth-order valence-corrected chi connectivity index (χ4v) is 3.00. The second-order valence-corrected chi connectivity index (χ2v) is 5.07. The first-order valence-electron chi connectivity index (χ1n) is 4.38. The Morgan fingerprint density at radius 1 is 1.56 bits per heavy atom. The Labute approximate surface area is 107 Å². The number of aromatic nitrogens is 1. The van der Waals surface area contributed by atoms with Crippen molar-refractivity contribution in [3.8, 4) is 0 Å². The van der Waals surface area contributed by atoms with Gasteiger partial charge in [0.1, 0.15) is 5.82 Å². The maximum Gasteiger partial charge on any atom is 0.338 e. The highest BCUT2D eigenvalue weighted by atomic mass is 127. The summed E-state index contributed by atoms with van der Waals surface area (Å²) in [6.45, 7) is 1.87. The summed E-state index contributed by atoms with van der Waals surface area (Å²) in [4.78, 5) is 10.8. The summed E-state index contributed by atoms with van der Waals surface area (Å²) in [5.41, 5.74) is 1.34. The smallest absolute Gasteiger partial charge is 0.338 e. The number of carboxylic acid groups (broad SMARTS) is 1. The molecule has 0 spiro atoms. The zero-order valence-corrected chi connectivity index (χ0v) is 11.2. The van der Waals surface area contributed by atoms with Gasteiger partial charge in [0.05, 0.1) is 11.1 Å². The number of halogens is 2. The van der Waals surface area contributed by atoms with E-state index in [0.717, 1.165) is 10.9 Å². The van der Waals surface area contributed by atoms with E-state index in [1.807, 2.05) is 13.1 Å². The van der Waals surface area contributed by atoms with Gasteiger partial charge in [-0.1, -0.05) is 0 Å². The van der Waals surface area contributed by atoms with Crippen molar-refractivity contribution in [1.82, 2.24) is 3.97 Å². The summed E-state index contributed by atoms with van der Waals surface area (Å²) in [5.74, 6) is -1.95. The molecule has 1 heterocycles. The van der Waals surface area contributed by atoms with E-state index in [0.29, 0.717) is 5.52 Å². The topological polar surface area (TPSA) is 42.2 Å². The molecule has 0 atom stereocenters. The molecule has 2 aromatic rings. The molecule has 0 fully saturated rings. The molecule has 16 heavy (non-hydrogen) atoms. The van der Waals surface area contributed by atoms with E-state index in [9.17, 15) is 9.18 Å². The van der Waals surface area contributed by atoms with Gasteiger partial charge in [0.15, 0.2) is 0 Å². The normalized spacial score (nSPS) is 10.9. The molecule has 0 aliphatic heterocycles. The third kappa shape index (κ3) is 1.80. The monoisotopic (exact) mass is 351 g/mol. The lowest BCUT2D eigenvalue weighted by Gasteiger charge is -2.01. The molecule has 1 N–H and O–H groups in total. The number of carbonyl (C=O) groups is 1. The predicted molar refractivity (Wildman–Crippen MR) is 70.6 cm³/mol. The van der Waals surface area contributed by atoms with Crippen LogP contribution in [-0.4, -0.2) is 15.0 Å². The first-order valence-corrected chi connectivity index (χ1v) is 7.69. The SMILES string of the molecule is Cc1cn(SI)c2cc(F)c(C(=O)O)cc12. The molecule has 0 amide bonds. The molecule has 0 radical (unpaired) electrons. The van der Waals surface area contributed by atoms with Crippen LogP contribution in [-0.2, 0) is 0 Å². The first kappa shape index (κ1) is 11.7. The van der Waals surface area contributed by atoms with Crippen LogP contribution in [0.5, 0.6) is 0 Å². The largest absolute Gasteiger partial charge is 0.478 e. The Kier molecular flexibility index (Phi) is 3.11. The minimum Gasteiger partial charge on any atom is -0.478 e. The summed E-state index contributed by atoms with van der Waals surface area (Å²) < 4.78 is 15.3. The minimum absolute atomic E-state index is 0.285. The summed E-state index contributed by atoms with van der Waals surface area (Å²) >= 11 is 2.09. The van der Waals surface area contributed by atoms with Gasteiger partial charge >= 0.3 is 5.97 Å². The number of aromatic carboxylic acids is 1. The molecule has 84 valence electrons. The van der Waals surface area contributed by atoms with Crippen LogP contribution in [0.25, 0.3) is 10.9 Å². The molecule has 6 heteroatoms. The Balaban J connectivity index is 2.80. The quantitative estimate of drug-likeness (QED) is 0.841. The van der Waals surface area contributed by atoms with Crippen LogP contribution in [0, 0.1) is 12.7 Å². The van der Waals surface area contributed by atoms with E-state index in [-0.39, 0.29) is 5.56 Å². The maximum atomic E-state index is 13.5. The molecule has 3 nitrogen and oxygen atoms in total. The second-order valence-electron chi connectivity index (χ2n) is 3.36. The zero-order chi connectivity index (χ0) is 11.9. The molecular formula is C10H7FINO2S. The Morgan fingerprint density at radius 2 is 2.25 bits per heavy atom. The lowest BCUT2D eigenvalue weighted by molar-refractivity contribution is 0.0692. The summed E-state index contributed by atoms with van der Waals surface area (Å²) in [7, 11) is 1.41. The standard InChI is InChI=1S/C10H7FINO2S/c1-5-4-13(16-12)9-3-8(11)7(10(14)15)2-6(5)9/h2-4H,1H3,(H,14,15). The van der Waals surface area contributed by atoms with Crippen molar-refractivity contribution in [1.29, 1.82) is 0 Å². The fraction of sp³-hybridized carbons (Fsp3) is 0.100. The van der Waals surface area contributed by atoms with E-state index in [1.165, 1.54) is 21.3 Å². The van der Waals surface area contributed by atoms with Crippen LogP contribution >= 0.6 is 30.3 Å². The second kappa shape index (κ2) is 4.25. The van der Waals surface area contributed by atoms with Gasteiger partial charge in [-0.05, 0) is 24.6 Å². The summed E-state index contributed by atoms with van der Waals surface area (Å²) in [6.07, 6.45) is 1.85. The molecule has 1 aromatic heterocycles. The number of hydrogen-bond donors (Lipinski definition) is 1. The van der Waals surface area contributed by atoms with Crippen LogP contribution in [0.3, 0.4) is 0 Å². The van der Waals surface area contributed by atoms with Crippen molar-refractivity contribution in [3.05, 3.63) is 35.3 Å². The first-order chi connectivity index (χ1) is 7.54. The molecule has 0 saturated carbocycles. The van der Waals surface area contributed by atoms with Gasteiger partial charge in [-0.2, -0.15) is 0 Å². The van der Waals surface area contributed by atoms with Crippen molar-refractivity contribution in [2.75, 3.05) is 0 Å². The molecule has 0 saturated heterocycles. The molecule has 0 unspecified atom stereocenters. The van der Waals surface area contributed by atoms with Crippen LogP contribution in [0.2, 0.25) is 0 Å². The number of benzene rings is 1. The van der Waals surface area contributed by atoms with E-state index in [4.69, 9.17) is 5.11 Å². The molecular weight excluding hydrogens is 344 g/mol. The lowest BCUT2D eigenvalue weighted by atomic mass is 10.1. The number of aryl methyl sites for hydroxylation is 1. The Morgan fingerprint density at radius 3 is 2.81 bits per heavy atom. The number of rotatable bonds is 2. The summed E-state index contributed by atoms with van der Waals surface area (Å²) in [6, 6.07) is 2.64. The van der Waals surface area contributed by atoms with Crippen molar-refractivity contribution in [3.63, 3.8) is 0 Å². The zero-order valence-electron chi connectivity index (χ0n) is 8.20. The van der Waals surface area contributed by atoms with Crippen LogP contribution in [0.1, 0.15) is 15.9 Å². The lowest BCUT2D eigenvalue weighted by Crippen LogP contribution is -2.00. The van der Waals surface area contributed by atoms with Crippen molar-refractivity contribution < 1.29 is 14.3 Å². The Hall–Kier alpha value is -0.760. The molecule has 1 aromatic carbocycles. The van der Waals surface area contributed by atoms with Gasteiger partial charge in [0.2, 0.25) is 0 Å². The van der Waals surface area contributed by atoms with Crippen molar-refractivity contribution in [2.45, 2.75) is 6.92 Å². The average molecular weight is 351 g/mol.